The predicted octanol–water partition coefficient (Wildman–Crippen LogP) is -0.516. The van der Waals surface area contributed by atoms with Gasteiger partial charge in [-0.3, -0.25) is 0 Å². The van der Waals surface area contributed by atoms with Crippen molar-refractivity contribution >= 4 is 0 Å². The van der Waals surface area contributed by atoms with E-state index in [2.05, 4.69) is 4.74 Å². The van der Waals surface area contributed by atoms with E-state index in [4.69, 9.17) is 11.0 Å². The summed E-state index contributed by atoms with van der Waals surface area (Å²) in [7, 11) is 1.46. The molecule has 2 N–H and O–H groups in total. The van der Waals surface area contributed by atoms with Crippen LogP contribution in [0, 0.1) is 11.3 Å². The monoisotopic (exact) mass is 100 g/mol. The molecule has 0 heterocycles. The standard InChI is InChI=1S/C4H8N2O/c1-7-4(2-5)3-6/h4H,2,5H2,1H3. The minimum atomic E-state index is -0.431. The molecule has 0 spiro atoms. The maximum absolute atomic E-state index is 8.07. The number of nitrogens with two attached hydrogens (primary N) is 1. The van der Waals surface area contributed by atoms with Crippen LogP contribution in [0.5, 0.6) is 0 Å². The first-order valence-electron chi connectivity index (χ1n) is 1.97. The van der Waals surface area contributed by atoms with Crippen molar-refractivity contribution in [3.63, 3.8) is 0 Å². The highest BCUT2D eigenvalue weighted by atomic mass is 16.5. The summed E-state index contributed by atoms with van der Waals surface area (Å²) in [5.74, 6) is 0. The van der Waals surface area contributed by atoms with Gasteiger partial charge in [0.15, 0.2) is 6.10 Å². The van der Waals surface area contributed by atoms with Crippen molar-refractivity contribution in [2.75, 3.05) is 13.7 Å². The SMILES string of the molecule is COC(C#N)CN. The molecule has 0 aliphatic carbocycles. The Labute approximate surface area is 42.7 Å². The highest BCUT2D eigenvalue weighted by Crippen LogP contribution is 1.78. The summed E-state index contributed by atoms with van der Waals surface area (Å²) in [6.45, 7) is 0.271. The van der Waals surface area contributed by atoms with Crippen molar-refractivity contribution in [3.05, 3.63) is 0 Å². The fourth-order valence-electron chi connectivity index (χ4n) is 0.202. The summed E-state index contributed by atoms with van der Waals surface area (Å²) >= 11 is 0. The lowest BCUT2D eigenvalue weighted by Crippen LogP contribution is -2.19. The number of rotatable bonds is 2. The molecule has 3 nitrogen and oxygen atoms in total. The molecule has 0 aliphatic heterocycles. The topological polar surface area (TPSA) is 59.0 Å². The molecule has 1 atom stereocenters. The minimum Gasteiger partial charge on any atom is -0.365 e. The van der Waals surface area contributed by atoms with Crippen LogP contribution in [0.15, 0.2) is 0 Å². The van der Waals surface area contributed by atoms with Crippen molar-refractivity contribution in [1.29, 1.82) is 5.26 Å². The zero-order valence-corrected chi connectivity index (χ0v) is 4.22. The first-order valence-corrected chi connectivity index (χ1v) is 1.97. The quantitative estimate of drug-likeness (QED) is 0.508. The van der Waals surface area contributed by atoms with Crippen LogP contribution >= 0.6 is 0 Å². The molecule has 7 heavy (non-hydrogen) atoms. The van der Waals surface area contributed by atoms with Gasteiger partial charge in [-0.05, 0) is 0 Å². The van der Waals surface area contributed by atoms with E-state index in [1.54, 1.807) is 0 Å². The molecule has 0 fully saturated rings. The van der Waals surface area contributed by atoms with E-state index in [1.807, 2.05) is 6.07 Å². The van der Waals surface area contributed by atoms with Crippen LogP contribution < -0.4 is 5.73 Å². The van der Waals surface area contributed by atoms with Crippen molar-refractivity contribution in [1.82, 2.24) is 0 Å². The third-order valence-corrected chi connectivity index (χ3v) is 0.643. The van der Waals surface area contributed by atoms with Gasteiger partial charge in [0.1, 0.15) is 0 Å². The van der Waals surface area contributed by atoms with Gasteiger partial charge in [0.2, 0.25) is 0 Å². The molecule has 3 heteroatoms. The normalized spacial score (nSPS) is 12.7. The number of ether oxygens (including phenoxy) is 1. The molecule has 0 bridgehead atoms. The highest BCUT2D eigenvalue weighted by Gasteiger charge is 1.96. The van der Waals surface area contributed by atoms with Crippen molar-refractivity contribution < 1.29 is 4.74 Å². The van der Waals surface area contributed by atoms with Crippen LogP contribution in [0.4, 0.5) is 0 Å². The molecule has 0 radical (unpaired) electrons. The van der Waals surface area contributed by atoms with Crippen LogP contribution in [0.25, 0.3) is 0 Å². The molecule has 0 aromatic rings. The zero-order valence-electron chi connectivity index (χ0n) is 4.22. The maximum atomic E-state index is 8.07. The van der Waals surface area contributed by atoms with Crippen molar-refractivity contribution in [2.24, 2.45) is 5.73 Å². The Morgan fingerprint density at radius 1 is 2.00 bits per heavy atom. The Bertz CT molecular complexity index is 72.2. The fraction of sp³-hybridized carbons (Fsp3) is 0.750. The fourth-order valence-corrected chi connectivity index (χ4v) is 0.202. The third-order valence-electron chi connectivity index (χ3n) is 0.643. The Balaban J connectivity index is 3.23. The molecule has 1 unspecified atom stereocenters. The van der Waals surface area contributed by atoms with Crippen LogP contribution in [-0.4, -0.2) is 19.8 Å². The first kappa shape index (κ1) is 6.41. The first-order chi connectivity index (χ1) is 3.35. The van der Waals surface area contributed by atoms with Gasteiger partial charge >= 0.3 is 0 Å². The Kier molecular flexibility index (Phi) is 3.29. The molecule has 0 aromatic heterocycles. The zero-order chi connectivity index (χ0) is 5.70. The van der Waals surface area contributed by atoms with E-state index in [1.165, 1.54) is 7.11 Å². The van der Waals surface area contributed by atoms with Crippen LogP contribution in [0.3, 0.4) is 0 Å². The lowest BCUT2D eigenvalue weighted by Gasteiger charge is -1.98. The van der Waals surface area contributed by atoms with Crippen molar-refractivity contribution in [3.8, 4) is 6.07 Å². The summed E-state index contributed by atoms with van der Waals surface area (Å²) in [5, 5.41) is 8.07. The van der Waals surface area contributed by atoms with E-state index in [-0.39, 0.29) is 6.54 Å². The summed E-state index contributed by atoms with van der Waals surface area (Å²) < 4.78 is 4.56. The van der Waals surface area contributed by atoms with E-state index >= 15 is 0 Å². The number of hydrogen-bond donors (Lipinski definition) is 1. The van der Waals surface area contributed by atoms with E-state index in [0.29, 0.717) is 0 Å². The molecule has 0 aromatic carbocycles. The number of nitriles is 1. The second-order valence-corrected chi connectivity index (χ2v) is 1.09. The number of nitrogens with zero attached hydrogens (tertiary/aromatic N) is 1. The van der Waals surface area contributed by atoms with E-state index in [0.717, 1.165) is 0 Å². The third kappa shape index (κ3) is 2.15. The van der Waals surface area contributed by atoms with E-state index < -0.39 is 6.10 Å². The number of hydrogen-bond acceptors (Lipinski definition) is 3. The Hall–Kier alpha value is -0.590. The molecule has 40 valence electrons. The second-order valence-electron chi connectivity index (χ2n) is 1.09. The van der Waals surface area contributed by atoms with Crippen molar-refractivity contribution in [2.45, 2.75) is 6.10 Å². The lowest BCUT2D eigenvalue weighted by atomic mass is 10.4. The van der Waals surface area contributed by atoms with Gasteiger partial charge in [-0.15, -0.1) is 0 Å². The molecule has 0 aliphatic rings. The van der Waals surface area contributed by atoms with Crippen LogP contribution in [0.2, 0.25) is 0 Å². The van der Waals surface area contributed by atoms with Gasteiger partial charge < -0.3 is 10.5 Å². The molecule has 0 saturated heterocycles. The van der Waals surface area contributed by atoms with Gasteiger partial charge in [0.25, 0.3) is 0 Å². The molecule has 0 rings (SSSR count). The molecule has 0 saturated carbocycles. The maximum Gasteiger partial charge on any atom is 0.155 e. The van der Waals surface area contributed by atoms with E-state index in [9.17, 15) is 0 Å². The molecular formula is C4H8N2O. The summed E-state index contributed by atoms with van der Waals surface area (Å²) in [5.41, 5.74) is 5.05. The van der Waals surface area contributed by atoms with Gasteiger partial charge in [0.05, 0.1) is 6.07 Å². The van der Waals surface area contributed by atoms with Gasteiger partial charge in [-0.25, -0.2) is 0 Å². The average Bonchev–Trinajstić information content (AvgIpc) is 1.72. The largest absolute Gasteiger partial charge is 0.365 e. The summed E-state index contributed by atoms with van der Waals surface area (Å²) in [6, 6.07) is 1.85. The number of methoxy groups -OCH3 is 1. The predicted molar refractivity (Wildman–Crippen MR) is 25.5 cm³/mol. The van der Waals surface area contributed by atoms with Crippen LogP contribution in [-0.2, 0) is 4.74 Å². The lowest BCUT2D eigenvalue weighted by molar-refractivity contribution is 0.153. The molecular weight excluding hydrogens is 92.1 g/mol. The Morgan fingerprint density at radius 3 is 2.57 bits per heavy atom. The van der Waals surface area contributed by atoms with Gasteiger partial charge in [-0.1, -0.05) is 0 Å². The smallest absolute Gasteiger partial charge is 0.155 e. The molecule has 0 amide bonds. The highest BCUT2D eigenvalue weighted by molar-refractivity contribution is 4.83. The van der Waals surface area contributed by atoms with Crippen LogP contribution in [0.1, 0.15) is 0 Å². The average molecular weight is 100 g/mol. The Morgan fingerprint density at radius 2 is 2.57 bits per heavy atom. The van der Waals surface area contributed by atoms with Gasteiger partial charge in [0, 0.05) is 13.7 Å². The summed E-state index contributed by atoms with van der Waals surface area (Å²) in [6.07, 6.45) is -0.431. The second kappa shape index (κ2) is 3.59. The minimum absolute atomic E-state index is 0.271. The van der Waals surface area contributed by atoms with Gasteiger partial charge in [-0.2, -0.15) is 5.26 Å². The summed E-state index contributed by atoms with van der Waals surface area (Å²) in [4.78, 5) is 0.